The molecule has 0 spiro atoms. The number of benzene rings is 2. The minimum absolute atomic E-state index is 0.0417. The number of sulfone groups is 1. The molecule has 0 radical (unpaired) electrons. The molecule has 1 atom stereocenters. The van der Waals surface area contributed by atoms with Crippen molar-refractivity contribution in [3.05, 3.63) is 58.3 Å². The molecule has 1 fully saturated rings. The van der Waals surface area contributed by atoms with Crippen LogP contribution in [0.1, 0.15) is 56.9 Å². The van der Waals surface area contributed by atoms with Gasteiger partial charge in [-0.3, -0.25) is 13.9 Å². The number of aromatic nitrogens is 2. The number of aliphatic hydroxyl groups is 1. The van der Waals surface area contributed by atoms with E-state index in [0.717, 1.165) is 16.7 Å². The topological polar surface area (TPSA) is 120 Å². The molecule has 2 heterocycles. The van der Waals surface area contributed by atoms with Crippen molar-refractivity contribution in [3.63, 3.8) is 0 Å². The van der Waals surface area contributed by atoms with Gasteiger partial charge in [-0.25, -0.2) is 26.4 Å². The summed E-state index contributed by atoms with van der Waals surface area (Å²) in [5.41, 5.74) is -2.52. The number of fused-ring (bicyclic) bond motifs is 1. The molecule has 9 nitrogen and oxygen atoms in total. The zero-order valence-corrected chi connectivity index (χ0v) is 23.4. The molecule has 1 aromatic heterocycles. The number of rotatable bonds is 8. The largest absolute Gasteiger partial charge is 0.488 e. The van der Waals surface area contributed by atoms with Crippen LogP contribution in [0.4, 0.5) is 13.2 Å². The lowest BCUT2D eigenvalue weighted by Crippen LogP contribution is -2.50. The van der Waals surface area contributed by atoms with Gasteiger partial charge < -0.3 is 15.2 Å². The van der Waals surface area contributed by atoms with Gasteiger partial charge in [0.25, 0.3) is 12.3 Å². The van der Waals surface area contributed by atoms with Crippen LogP contribution in [0.2, 0.25) is 0 Å². The van der Waals surface area contributed by atoms with Gasteiger partial charge in [-0.2, -0.15) is 0 Å². The lowest BCUT2D eigenvalue weighted by Gasteiger charge is -2.34. The zero-order chi connectivity index (χ0) is 29.6. The first-order chi connectivity index (χ1) is 18.5. The number of halogens is 3. The van der Waals surface area contributed by atoms with E-state index in [4.69, 9.17) is 4.74 Å². The van der Waals surface area contributed by atoms with Crippen LogP contribution in [0.15, 0.2) is 41.2 Å². The lowest BCUT2D eigenvalue weighted by atomic mass is 9.94. The van der Waals surface area contributed by atoms with Crippen molar-refractivity contribution in [2.75, 3.05) is 18.1 Å². The van der Waals surface area contributed by atoms with Crippen molar-refractivity contribution in [1.82, 2.24) is 14.5 Å². The summed E-state index contributed by atoms with van der Waals surface area (Å²) in [6.45, 7) is 5.45. The number of nitrogens with one attached hydrogen (secondary N) is 1. The normalized spacial score (nSPS) is 17.6. The van der Waals surface area contributed by atoms with Crippen molar-refractivity contribution >= 4 is 26.8 Å². The number of carbonyl (C=O) groups is 1. The minimum atomic E-state index is -3.15. The van der Waals surface area contributed by atoms with Crippen LogP contribution in [0.3, 0.4) is 0 Å². The Bertz CT molecular complexity index is 1590. The van der Waals surface area contributed by atoms with Gasteiger partial charge in [-0.15, -0.1) is 0 Å². The first kappa shape index (κ1) is 29.7. The molecule has 1 saturated heterocycles. The monoisotopic (exact) mass is 583 g/mol. The second kappa shape index (κ2) is 10.6. The summed E-state index contributed by atoms with van der Waals surface area (Å²) >= 11 is 0. The molecule has 40 heavy (non-hydrogen) atoms. The molecule has 0 bridgehead atoms. The van der Waals surface area contributed by atoms with Crippen LogP contribution >= 0.6 is 0 Å². The average molecular weight is 584 g/mol. The highest BCUT2D eigenvalue weighted by atomic mass is 32.2. The quantitative estimate of drug-likeness (QED) is 0.418. The Morgan fingerprint density at radius 3 is 2.40 bits per heavy atom. The van der Waals surface area contributed by atoms with Gasteiger partial charge >= 0.3 is 5.69 Å². The molecule has 13 heteroatoms. The molecule has 1 aliphatic rings. The highest BCUT2D eigenvalue weighted by Crippen LogP contribution is 2.30. The maximum atomic E-state index is 15.0. The standard InChI is InChI=1S/C27H32F3N3O6S/c1-16(26(2,3)36)32-22-13-17(24(34)31-27(4)9-11-40(37,38)12-10-27)5-8-20(22)33(25(32)35)21-14-18(6-7-19(21)28)39-15-23(29)30/h5-8,13-14,16,23,36H,9-12,15H2,1-4H3,(H,31,34). The zero-order valence-electron chi connectivity index (χ0n) is 22.6. The molecule has 2 N–H and O–H groups in total. The van der Waals surface area contributed by atoms with Gasteiger partial charge in [0.05, 0.1) is 39.9 Å². The fourth-order valence-electron chi connectivity index (χ4n) is 4.66. The van der Waals surface area contributed by atoms with Crippen molar-refractivity contribution in [2.24, 2.45) is 0 Å². The second-order valence-electron chi connectivity index (χ2n) is 11.0. The summed E-state index contributed by atoms with van der Waals surface area (Å²) in [7, 11) is -3.15. The van der Waals surface area contributed by atoms with E-state index in [1.54, 1.807) is 13.8 Å². The van der Waals surface area contributed by atoms with E-state index in [1.807, 2.05) is 0 Å². The highest BCUT2D eigenvalue weighted by Gasteiger charge is 2.35. The SMILES string of the molecule is CC(n1c(=O)n(-c2cc(OCC(F)F)ccc2F)c2ccc(C(=O)NC3(C)CCS(=O)(=O)CC3)cc21)C(C)(C)O. The number of amides is 1. The number of nitrogens with zero attached hydrogens (tertiary/aromatic N) is 2. The van der Waals surface area contributed by atoms with Gasteiger partial charge in [-0.1, -0.05) is 0 Å². The molecule has 1 aliphatic heterocycles. The fraction of sp³-hybridized carbons (Fsp3) is 0.481. The van der Waals surface area contributed by atoms with E-state index >= 15 is 4.39 Å². The number of ether oxygens (including phenoxy) is 1. The average Bonchev–Trinajstić information content (AvgIpc) is 3.15. The predicted molar refractivity (Wildman–Crippen MR) is 144 cm³/mol. The first-order valence-corrected chi connectivity index (χ1v) is 14.6. The van der Waals surface area contributed by atoms with Gasteiger partial charge in [0.15, 0.2) is 0 Å². The maximum absolute atomic E-state index is 15.0. The van der Waals surface area contributed by atoms with Crippen LogP contribution in [0.25, 0.3) is 16.7 Å². The van der Waals surface area contributed by atoms with E-state index in [1.165, 1.54) is 42.7 Å². The predicted octanol–water partition coefficient (Wildman–Crippen LogP) is 3.60. The number of hydrogen-bond donors (Lipinski definition) is 2. The Kier molecular flexibility index (Phi) is 7.85. The van der Waals surface area contributed by atoms with Crippen LogP contribution in [-0.4, -0.2) is 64.2 Å². The van der Waals surface area contributed by atoms with Crippen LogP contribution in [0, 0.1) is 5.82 Å². The van der Waals surface area contributed by atoms with E-state index < -0.39 is 57.5 Å². The van der Waals surface area contributed by atoms with Crippen molar-refractivity contribution < 1.29 is 36.2 Å². The molecular formula is C27H32F3N3O6S. The Balaban J connectivity index is 1.82. The third-order valence-electron chi connectivity index (χ3n) is 7.42. The minimum Gasteiger partial charge on any atom is -0.488 e. The van der Waals surface area contributed by atoms with Gasteiger partial charge in [0, 0.05) is 17.2 Å². The number of hydrogen-bond acceptors (Lipinski definition) is 6. The summed E-state index contributed by atoms with van der Waals surface area (Å²) in [5.74, 6) is -1.46. The molecular weight excluding hydrogens is 551 g/mol. The Morgan fingerprint density at radius 1 is 1.15 bits per heavy atom. The summed E-state index contributed by atoms with van der Waals surface area (Å²) in [6.07, 6.45) is -2.25. The molecule has 0 aliphatic carbocycles. The molecule has 218 valence electrons. The summed E-state index contributed by atoms with van der Waals surface area (Å²) in [4.78, 5) is 27.0. The molecule has 0 saturated carbocycles. The van der Waals surface area contributed by atoms with E-state index in [0.29, 0.717) is 0 Å². The summed E-state index contributed by atoms with van der Waals surface area (Å²) < 4.78 is 71.4. The van der Waals surface area contributed by atoms with Crippen LogP contribution in [-0.2, 0) is 9.84 Å². The number of carbonyl (C=O) groups excluding carboxylic acids is 1. The smallest absolute Gasteiger partial charge is 0.334 e. The Hall–Kier alpha value is -3.32. The van der Waals surface area contributed by atoms with Gasteiger partial charge in [0.1, 0.15) is 28.0 Å². The highest BCUT2D eigenvalue weighted by molar-refractivity contribution is 7.91. The maximum Gasteiger partial charge on any atom is 0.334 e. The van der Waals surface area contributed by atoms with Crippen molar-refractivity contribution in [3.8, 4) is 11.4 Å². The third-order valence-corrected chi connectivity index (χ3v) is 9.08. The van der Waals surface area contributed by atoms with E-state index in [9.17, 15) is 31.9 Å². The van der Waals surface area contributed by atoms with E-state index in [-0.39, 0.29) is 52.4 Å². The van der Waals surface area contributed by atoms with Gasteiger partial charge in [-0.05, 0) is 70.9 Å². The summed E-state index contributed by atoms with van der Waals surface area (Å²) in [6, 6.07) is 6.83. The molecule has 1 unspecified atom stereocenters. The van der Waals surface area contributed by atoms with Gasteiger partial charge in [0.2, 0.25) is 0 Å². The first-order valence-electron chi connectivity index (χ1n) is 12.7. The fourth-order valence-corrected chi connectivity index (χ4v) is 6.38. The van der Waals surface area contributed by atoms with Crippen LogP contribution in [0.5, 0.6) is 5.75 Å². The lowest BCUT2D eigenvalue weighted by molar-refractivity contribution is 0.0307. The number of imidazole rings is 1. The van der Waals surface area contributed by atoms with Crippen LogP contribution < -0.4 is 15.7 Å². The number of alkyl halides is 2. The Morgan fingerprint density at radius 2 is 1.80 bits per heavy atom. The van der Waals surface area contributed by atoms with Crippen molar-refractivity contribution in [1.29, 1.82) is 0 Å². The molecule has 1 amide bonds. The second-order valence-corrected chi connectivity index (χ2v) is 13.3. The van der Waals surface area contributed by atoms with Crippen molar-refractivity contribution in [2.45, 2.75) is 64.1 Å². The molecule has 3 aromatic rings. The summed E-state index contributed by atoms with van der Waals surface area (Å²) in [5, 5.41) is 13.6. The third kappa shape index (κ3) is 6.04. The molecule has 2 aromatic carbocycles. The van der Waals surface area contributed by atoms with E-state index in [2.05, 4.69) is 5.32 Å². The molecule has 4 rings (SSSR count). The Labute approximate surface area is 229 Å².